The number of aryl methyl sites for hydroxylation is 1. The van der Waals surface area contributed by atoms with Crippen LogP contribution in [0.2, 0.25) is 0 Å². The molecule has 5 heteroatoms. The maximum atomic E-state index is 12.1. The van der Waals surface area contributed by atoms with E-state index >= 15 is 0 Å². The molecule has 0 aliphatic carbocycles. The van der Waals surface area contributed by atoms with Gasteiger partial charge < -0.3 is 5.73 Å². The van der Waals surface area contributed by atoms with Gasteiger partial charge in [-0.2, -0.15) is 0 Å². The lowest BCUT2D eigenvalue weighted by Crippen LogP contribution is -2.32. The Balaban J connectivity index is 3.14. The van der Waals surface area contributed by atoms with Gasteiger partial charge in [0.15, 0.2) is 0 Å². The van der Waals surface area contributed by atoms with Crippen LogP contribution in [0.25, 0.3) is 0 Å². The van der Waals surface area contributed by atoms with E-state index in [1.54, 1.807) is 19.1 Å². The summed E-state index contributed by atoms with van der Waals surface area (Å²) < 4.78 is 26.9. The second-order valence-corrected chi connectivity index (χ2v) is 5.92. The Labute approximate surface area is 103 Å². The van der Waals surface area contributed by atoms with Gasteiger partial charge in [0.2, 0.25) is 10.0 Å². The van der Waals surface area contributed by atoms with Crippen molar-refractivity contribution in [1.29, 1.82) is 0 Å². The Morgan fingerprint density at radius 2 is 2.06 bits per heavy atom. The van der Waals surface area contributed by atoms with Gasteiger partial charge in [-0.1, -0.05) is 19.1 Å². The summed E-state index contributed by atoms with van der Waals surface area (Å²) in [5, 5.41) is 0. The van der Waals surface area contributed by atoms with E-state index in [1.807, 2.05) is 19.9 Å². The lowest BCUT2D eigenvalue weighted by atomic mass is 10.1. The van der Waals surface area contributed by atoms with Crippen molar-refractivity contribution in [3.8, 4) is 0 Å². The Hall–Kier alpha value is -0.910. The Morgan fingerprint density at radius 1 is 1.41 bits per heavy atom. The highest BCUT2D eigenvalue weighted by Gasteiger charge is 2.18. The molecule has 0 fully saturated rings. The maximum Gasteiger partial charge on any atom is 0.241 e. The number of sulfonamides is 1. The number of nitrogens with one attached hydrogen (secondary N) is 1. The van der Waals surface area contributed by atoms with Gasteiger partial charge in [-0.05, 0) is 37.5 Å². The van der Waals surface area contributed by atoms with Crippen molar-refractivity contribution in [3.63, 3.8) is 0 Å². The first kappa shape index (κ1) is 14.2. The average molecular weight is 256 g/mol. The molecule has 96 valence electrons. The van der Waals surface area contributed by atoms with Crippen molar-refractivity contribution >= 4 is 10.0 Å². The van der Waals surface area contributed by atoms with Gasteiger partial charge in [0.05, 0.1) is 4.90 Å². The van der Waals surface area contributed by atoms with Crippen LogP contribution in [0.4, 0.5) is 0 Å². The molecule has 0 radical (unpaired) electrons. The van der Waals surface area contributed by atoms with Crippen LogP contribution < -0.4 is 10.5 Å². The van der Waals surface area contributed by atoms with E-state index in [2.05, 4.69) is 4.72 Å². The van der Waals surface area contributed by atoms with E-state index in [0.29, 0.717) is 11.4 Å². The summed E-state index contributed by atoms with van der Waals surface area (Å²) in [4.78, 5) is 0.320. The van der Waals surface area contributed by atoms with Gasteiger partial charge in [-0.25, -0.2) is 13.1 Å². The van der Waals surface area contributed by atoms with E-state index in [4.69, 9.17) is 5.73 Å². The zero-order chi connectivity index (χ0) is 13.1. The van der Waals surface area contributed by atoms with Crippen molar-refractivity contribution < 1.29 is 8.42 Å². The topological polar surface area (TPSA) is 72.2 Å². The molecule has 3 N–H and O–H groups in total. The molecular formula is C12H20N2O2S. The highest BCUT2D eigenvalue weighted by atomic mass is 32.2. The maximum absolute atomic E-state index is 12.1. The van der Waals surface area contributed by atoms with Crippen LogP contribution in [0, 0.1) is 6.92 Å². The Bertz CT molecular complexity index is 483. The fraction of sp³-hybridized carbons (Fsp3) is 0.500. The standard InChI is InChI=1S/C12H20N2O2S/c1-4-10(3)14-17(15,16)12-7-11(8-13)6-5-9(12)2/h5-7,10,14H,4,8,13H2,1-3H3. The number of nitrogens with two attached hydrogens (primary N) is 1. The van der Waals surface area contributed by atoms with Crippen LogP contribution >= 0.6 is 0 Å². The minimum Gasteiger partial charge on any atom is -0.326 e. The fourth-order valence-corrected chi connectivity index (χ4v) is 3.09. The lowest BCUT2D eigenvalue weighted by molar-refractivity contribution is 0.555. The molecule has 0 heterocycles. The predicted octanol–water partition coefficient (Wildman–Crippen LogP) is 1.53. The molecule has 0 aromatic heterocycles. The number of hydrogen-bond acceptors (Lipinski definition) is 3. The minimum atomic E-state index is -3.44. The second kappa shape index (κ2) is 5.62. The van der Waals surface area contributed by atoms with Crippen LogP contribution in [0.15, 0.2) is 23.1 Å². The molecule has 1 aromatic carbocycles. The third-order valence-electron chi connectivity index (χ3n) is 2.75. The summed E-state index contributed by atoms with van der Waals surface area (Å²) in [6.45, 7) is 5.91. The van der Waals surface area contributed by atoms with Crippen LogP contribution in [0.5, 0.6) is 0 Å². The van der Waals surface area contributed by atoms with Crippen molar-refractivity contribution in [2.45, 2.75) is 44.7 Å². The fourth-order valence-electron chi connectivity index (χ4n) is 1.47. The number of hydrogen-bond donors (Lipinski definition) is 2. The second-order valence-electron chi connectivity index (χ2n) is 4.23. The van der Waals surface area contributed by atoms with Crippen molar-refractivity contribution in [3.05, 3.63) is 29.3 Å². The zero-order valence-electron chi connectivity index (χ0n) is 10.5. The lowest BCUT2D eigenvalue weighted by Gasteiger charge is -2.14. The molecule has 0 saturated carbocycles. The van der Waals surface area contributed by atoms with E-state index in [9.17, 15) is 8.42 Å². The Morgan fingerprint density at radius 3 is 2.59 bits per heavy atom. The molecule has 0 saturated heterocycles. The Kier molecular flexibility index (Phi) is 4.68. The molecule has 1 rings (SSSR count). The first-order valence-corrected chi connectivity index (χ1v) is 7.21. The highest BCUT2D eigenvalue weighted by Crippen LogP contribution is 2.17. The van der Waals surface area contributed by atoms with E-state index < -0.39 is 10.0 Å². The third-order valence-corrected chi connectivity index (χ3v) is 4.48. The summed E-state index contributed by atoms with van der Waals surface area (Å²) >= 11 is 0. The van der Waals surface area contributed by atoms with Crippen LogP contribution in [-0.2, 0) is 16.6 Å². The molecule has 1 atom stereocenters. The van der Waals surface area contributed by atoms with Gasteiger partial charge in [-0.3, -0.25) is 0 Å². The van der Waals surface area contributed by atoms with Gasteiger partial charge in [0.25, 0.3) is 0 Å². The van der Waals surface area contributed by atoms with E-state index in [0.717, 1.165) is 17.5 Å². The average Bonchev–Trinajstić information content (AvgIpc) is 2.28. The molecule has 0 bridgehead atoms. The third kappa shape index (κ3) is 3.52. The molecule has 1 aromatic rings. The van der Waals surface area contributed by atoms with Gasteiger partial charge >= 0.3 is 0 Å². The molecule has 0 aliphatic rings. The van der Waals surface area contributed by atoms with Crippen molar-refractivity contribution in [2.24, 2.45) is 5.73 Å². The van der Waals surface area contributed by atoms with Crippen LogP contribution in [0.3, 0.4) is 0 Å². The van der Waals surface area contributed by atoms with Crippen LogP contribution in [-0.4, -0.2) is 14.5 Å². The SMILES string of the molecule is CCC(C)NS(=O)(=O)c1cc(CN)ccc1C. The van der Waals surface area contributed by atoms with Crippen molar-refractivity contribution in [2.75, 3.05) is 0 Å². The van der Waals surface area contributed by atoms with Gasteiger partial charge in [0, 0.05) is 12.6 Å². The quantitative estimate of drug-likeness (QED) is 0.839. The smallest absolute Gasteiger partial charge is 0.241 e. The molecule has 0 aliphatic heterocycles. The van der Waals surface area contributed by atoms with Gasteiger partial charge in [-0.15, -0.1) is 0 Å². The first-order valence-electron chi connectivity index (χ1n) is 5.72. The molecule has 0 amide bonds. The normalized spacial score (nSPS) is 13.6. The first-order chi connectivity index (χ1) is 7.90. The monoisotopic (exact) mass is 256 g/mol. The molecule has 4 nitrogen and oxygen atoms in total. The summed E-state index contributed by atoms with van der Waals surface area (Å²) in [6.07, 6.45) is 0.759. The van der Waals surface area contributed by atoms with Crippen molar-refractivity contribution in [1.82, 2.24) is 4.72 Å². The largest absolute Gasteiger partial charge is 0.326 e. The molecule has 0 spiro atoms. The summed E-state index contributed by atoms with van der Waals surface area (Å²) in [5.74, 6) is 0. The molecule has 1 unspecified atom stereocenters. The molecule has 17 heavy (non-hydrogen) atoms. The summed E-state index contributed by atoms with van der Waals surface area (Å²) in [7, 11) is -3.44. The van der Waals surface area contributed by atoms with E-state index in [-0.39, 0.29) is 6.04 Å². The number of benzene rings is 1. The number of rotatable bonds is 5. The highest BCUT2D eigenvalue weighted by molar-refractivity contribution is 7.89. The summed E-state index contributed by atoms with van der Waals surface area (Å²) in [5.41, 5.74) is 7.08. The van der Waals surface area contributed by atoms with E-state index in [1.165, 1.54) is 0 Å². The van der Waals surface area contributed by atoms with Crippen LogP contribution in [0.1, 0.15) is 31.4 Å². The zero-order valence-corrected chi connectivity index (χ0v) is 11.3. The summed E-state index contributed by atoms with van der Waals surface area (Å²) in [6, 6.07) is 5.20. The minimum absolute atomic E-state index is 0.0686. The predicted molar refractivity (Wildman–Crippen MR) is 69.1 cm³/mol. The van der Waals surface area contributed by atoms with Gasteiger partial charge in [0.1, 0.15) is 0 Å². The molecular weight excluding hydrogens is 236 g/mol.